The number of amides is 1. The molecule has 112 valence electrons. The monoisotopic (exact) mass is 298 g/mol. The van der Waals surface area contributed by atoms with Crippen LogP contribution in [0, 0.1) is 11.8 Å². The minimum atomic E-state index is -3.65. The van der Waals surface area contributed by atoms with Gasteiger partial charge in [-0.25, -0.2) is 4.72 Å². The van der Waals surface area contributed by atoms with Gasteiger partial charge in [-0.1, -0.05) is 12.0 Å². The van der Waals surface area contributed by atoms with Crippen molar-refractivity contribution in [2.45, 2.75) is 44.9 Å². The van der Waals surface area contributed by atoms with Crippen molar-refractivity contribution in [1.82, 2.24) is 9.03 Å². The fourth-order valence-electron chi connectivity index (χ4n) is 2.88. The fourth-order valence-corrected chi connectivity index (χ4v) is 4.06. The normalized spacial score (nSPS) is 24.2. The summed E-state index contributed by atoms with van der Waals surface area (Å²) < 4.78 is 27.8. The highest BCUT2D eigenvalue weighted by atomic mass is 32.2. The second kappa shape index (κ2) is 5.48. The number of hydrogen-bond donors (Lipinski definition) is 1. The lowest BCUT2D eigenvalue weighted by molar-refractivity contribution is -0.115. The van der Waals surface area contributed by atoms with Crippen LogP contribution < -0.4 is 4.72 Å². The number of rotatable bonds is 5. The van der Waals surface area contributed by atoms with Crippen molar-refractivity contribution in [2.24, 2.45) is 11.8 Å². The van der Waals surface area contributed by atoms with Crippen LogP contribution in [0.5, 0.6) is 0 Å². The number of nitrogens with zero attached hydrogens (tertiary/aromatic N) is 1. The van der Waals surface area contributed by atoms with E-state index in [4.69, 9.17) is 0 Å². The SMILES string of the molecule is O=C(C=C(C1CC1)C1CC1)NS(=O)(=O)N1CCCCC1. The smallest absolute Gasteiger partial charge is 0.269 e. The van der Waals surface area contributed by atoms with Crippen molar-refractivity contribution in [3.05, 3.63) is 11.6 Å². The molecule has 2 aliphatic carbocycles. The molecule has 0 aromatic rings. The van der Waals surface area contributed by atoms with Crippen LogP contribution in [0.25, 0.3) is 0 Å². The number of allylic oxidation sites excluding steroid dienone is 1. The van der Waals surface area contributed by atoms with Gasteiger partial charge in [0.15, 0.2) is 0 Å². The van der Waals surface area contributed by atoms with Gasteiger partial charge in [0.25, 0.3) is 5.91 Å². The summed E-state index contributed by atoms with van der Waals surface area (Å²) in [6.07, 6.45) is 8.96. The molecular weight excluding hydrogens is 276 g/mol. The Morgan fingerprint density at radius 3 is 2.05 bits per heavy atom. The lowest BCUT2D eigenvalue weighted by Crippen LogP contribution is -2.45. The van der Waals surface area contributed by atoms with E-state index >= 15 is 0 Å². The average molecular weight is 298 g/mol. The zero-order valence-corrected chi connectivity index (χ0v) is 12.5. The molecule has 0 spiro atoms. The molecule has 1 amide bonds. The largest absolute Gasteiger partial charge is 0.304 e. The summed E-state index contributed by atoms with van der Waals surface area (Å²) in [6.45, 7) is 1.04. The van der Waals surface area contributed by atoms with Gasteiger partial charge in [-0.3, -0.25) is 4.79 Å². The Kier molecular flexibility index (Phi) is 3.86. The van der Waals surface area contributed by atoms with Crippen molar-refractivity contribution in [1.29, 1.82) is 0 Å². The van der Waals surface area contributed by atoms with Gasteiger partial charge in [-0.15, -0.1) is 0 Å². The second-order valence-corrected chi connectivity index (χ2v) is 7.79. The third-order valence-corrected chi connectivity index (χ3v) is 5.78. The van der Waals surface area contributed by atoms with Gasteiger partial charge in [0.1, 0.15) is 0 Å². The van der Waals surface area contributed by atoms with Crippen molar-refractivity contribution < 1.29 is 13.2 Å². The number of hydrogen-bond acceptors (Lipinski definition) is 3. The summed E-state index contributed by atoms with van der Waals surface area (Å²) in [5, 5.41) is 0. The Balaban J connectivity index is 1.63. The van der Waals surface area contributed by atoms with E-state index in [1.807, 2.05) is 0 Å². The molecular formula is C14H22N2O3S. The molecule has 5 nitrogen and oxygen atoms in total. The van der Waals surface area contributed by atoms with Crippen LogP contribution in [0.2, 0.25) is 0 Å². The average Bonchev–Trinajstić information content (AvgIpc) is 3.29. The van der Waals surface area contributed by atoms with Crippen LogP contribution in [-0.4, -0.2) is 31.7 Å². The highest BCUT2D eigenvalue weighted by Gasteiger charge is 2.37. The van der Waals surface area contributed by atoms with Crippen molar-refractivity contribution in [3.8, 4) is 0 Å². The Morgan fingerprint density at radius 2 is 1.55 bits per heavy atom. The van der Waals surface area contributed by atoms with E-state index in [1.165, 1.54) is 9.88 Å². The molecule has 1 saturated heterocycles. The number of carbonyl (C=O) groups excluding carboxylic acids is 1. The molecule has 3 fully saturated rings. The van der Waals surface area contributed by atoms with Crippen molar-refractivity contribution in [3.63, 3.8) is 0 Å². The van der Waals surface area contributed by atoms with E-state index in [0.717, 1.165) is 44.9 Å². The van der Waals surface area contributed by atoms with E-state index in [-0.39, 0.29) is 0 Å². The van der Waals surface area contributed by atoms with E-state index in [1.54, 1.807) is 6.08 Å². The summed E-state index contributed by atoms with van der Waals surface area (Å²) in [5.74, 6) is 0.598. The Bertz CT molecular complexity index is 499. The predicted octanol–water partition coefficient (Wildman–Crippen LogP) is 1.58. The predicted molar refractivity (Wildman–Crippen MR) is 76.0 cm³/mol. The van der Waals surface area contributed by atoms with Gasteiger partial charge in [0.2, 0.25) is 0 Å². The first kappa shape index (κ1) is 14.1. The highest BCUT2D eigenvalue weighted by molar-refractivity contribution is 7.87. The summed E-state index contributed by atoms with van der Waals surface area (Å²) >= 11 is 0. The molecule has 0 atom stereocenters. The summed E-state index contributed by atoms with van der Waals surface area (Å²) in [4.78, 5) is 12.0. The van der Waals surface area contributed by atoms with Gasteiger partial charge < -0.3 is 0 Å². The number of carbonyl (C=O) groups is 1. The summed E-state index contributed by atoms with van der Waals surface area (Å²) in [5.41, 5.74) is 1.18. The fraction of sp³-hybridized carbons (Fsp3) is 0.786. The molecule has 3 aliphatic rings. The molecule has 2 saturated carbocycles. The molecule has 0 unspecified atom stereocenters. The van der Waals surface area contributed by atoms with Gasteiger partial charge in [0.05, 0.1) is 0 Å². The van der Waals surface area contributed by atoms with E-state index in [2.05, 4.69) is 4.72 Å². The Labute approximate surface area is 120 Å². The molecule has 0 bridgehead atoms. The zero-order chi connectivity index (χ0) is 14.2. The van der Waals surface area contributed by atoms with Crippen LogP contribution in [0.1, 0.15) is 44.9 Å². The molecule has 20 heavy (non-hydrogen) atoms. The van der Waals surface area contributed by atoms with E-state index in [0.29, 0.717) is 24.9 Å². The van der Waals surface area contributed by atoms with Crippen LogP contribution in [0.3, 0.4) is 0 Å². The van der Waals surface area contributed by atoms with Crippen molar-refractivity contribution >= 4 is 16.1 Å². The molecule has 0 aromatic carbocycles. The maximum absolute atomic E-state index is 12.1. The van der Waals surface area contributed by atoms with E-state index in [9.17, 15) is 13.2 Å². The summed E-state index contributed by atoms with van der Waals surface area (Å²) in [6, 6.07) is 0. The molecule has 0 aromatic heterocycles. The number of nitrogens with one attached hydrogen (secondary N) is 1. The van der Waals surface area contributed by atoms with Crippen LogP contribution in [0.15, 0.2) is 11.6 Å². The minimum Gasteiger partial charge on any atom is -0.269 e. The standard InChI is InChI=1S/C14H22N2O3S/c17-14(10-13(11-4-5-11)12-6-7-12)15-20(18,19)16-8-2-1-3-9-16/h10-12H,1-9H2,(H,15,17). The minimum absolute atomic E-state index is 0.468. The van der Waals surface area contributed by atoms with Gasteiger partial charge in [0, 0.05) is 19.2 Å². The van der Waals surface area contributed by atoms with Gasteiger partial charge in [-0.2, -0.15) is 12.7 Å². The quantitative estimate of drug-likeness (QED) is 0.784. The molecule has 0 radical (unpaired) electrons. The van der Waals surface area contributed by atoms with Gasteiger partial charge in [-0.05, 0) is 50.4 Å². The maximum atomic E-state index is 12.1. The first-order valence-corrected chi connectivity index (χ1v) is 9.03. The topological polar surface area (TPSA) is 66.5 Å². The first-order chi connectivity index (χ1) is 9.56. The van der Waals surface area contributed by atoms with Crippen LogP contribution in [-0.2, 0) is 15.0 Å². The molecule has 3 rings (SSSR count). The lowest BCUT2D eigenvalue weighted by Gasteiger charge is -2.25. The summed E-state index contributed by atoms with van der Waals surface area (Å²) in [7, 11) is -3.65. The third-order valence-electron chi connectivity index (χ3n) is 4.28. The molecule has 1 N–H and O–H groups in total. The van der Waals surface area contributed by atoms with Crippen LogP contribution in [0.4, 0.5) is 0 Å². The molecule has 1 heterocycles. The van der Waals surface area contributed by atoms with E-state index < -0.39 is 16.1 Å². The lowest BCUT2D eigenvalue weighted by atomic mass is 10.1. The molecule has 6 heteroatoms. The second-order valence-electron chi connectivity index (χ2n) is 6.12. The Morgan fingerprint density at radius 1 is 1.00 bits per heavy atom. The van der Waals surface area contributed by atoms with Crippen molar-refractivity contribution in [2.75, 3.05) is 13.1 Å². The Hall–Kier alpha value is -0.880. The van der Waals surface area contributed by atoms with Gasteiger partial charge >= 0.3 is 10.2 Å². The highest BCUT2D eigenvalue weighted by Crippen LogP contribution is 2.48. The molecule has 1 aliphatic heterocycles. The van der Waals surface area contributed by atoms with Crippen LogP contribution >= 0.6 is 0 Å². The first-order valence-electron chi connectivity index (χ1n) is 7.59. The third kappa shape index (κ3) is 3.41. The zero-order valence-electron chi connectivity index (χ0n) is 11.7. The number of piperidine rings is 1. The maximum Gasteiger partial charge on any atom is 0.304 e.